The van der Waals surface area contributed by atoms with Gasteiger partial charge in [-0.15, -0.1) is 0 Å². The molecule has 0 aliphatic heterocycles. The van der Waals surface area contributed by atoms with Gasteiger partial charge in [0.25, 0.3) is 5.91 Å². The number of anilines is 2. The number of halogens is 4. The van der Waals surface area contributed by atoms with E-state index in [1.54, 1.807) is 12.1 Å². The summed E-state index contributed by atoms with van der Waals surface area (Å²) >= 11 is 15.2. The van der Waals surface area contributed by atoms with Crippen molar-refractivity contribution in [2.45, 2.75) is 0 Å². The molecule has 0 unspecified atom stereocenters. The van der Waals surface area contributed by atoms with Crippen LogP contribution in [0.2, 0.25) is 10.0 Å². The third-order valence-corrected chi connectivity index (χ3v) is 3.56. The maximum absolute atomic E-state index is 13.3. The highest BCUT2D eigenvalue weighted by molar-refractivity contribution is 9.10. The lowest BCUT2D eigenvalue weighted by Gasteiger charge is -2.10. The summed E-state index contributed by atoms with van der Waals surface area (Å²) in [7, 11) is 0. The zero-order valence-electron chi connectivity index (χ0n) is 9.88. The number of nitrogens with two attached hydrogens (primary N) is 1. The van der Waals surface area contributed by atoms with Crippen LogP contribution in [0.5, 0.6) is 0 Å². The number of hydrogen-bond acceptors (Lipinski definition) is 2. The van der Waals surface area contributed by atoms with E-state index < -0.39 is 11.7 Å². The minimum atomic E-state index is -0.661. The predicted octanol–water partition coefficient (Wildman–Crippen LogP) is 4.73. The van der Waals surface area contributed by atoms with Crippen LogP contribution in [0.3, 0.4) is 0 Å². The number of amides is 1. The van der Waals surface area contributed by atoms with E-state index in [0.717, 1.165) is 6.07 Å². The first-order valence-corrected chi connectivity index (χ1v) is 6.94. The van der Waals surface area contributed by atoms with E-state index in [2.05, 4.69) is 21.2 Å². The monoisotopic (exact) mass is 376 g/mol. The summed E-state index contributed by atoms with van der Waals surface area (Å²) in [5, 5.41) is 3.08. The van der Waals surface area contributed by atoms with Crippen molar-refractivity contribution in [3.63, 3.8) is 0 Å². The fraction of sp³-hybridized carbons (Fsp3) is 0. The summed E-state index contributed by atoms with van der Waals surface area (Å²) in [5.74, 6) is -1.19. The highest BCUT2D eigenvalue weighted by Gasteiger charge is 2.13. The topological polar surface area (TPSA) is 55.1 Å². The Labute approximate surface area is 133 Å². The van der Waals surface area contributed by atoms with Crippen LogP contribution in [0, 0.1) is 5.82 Å². The quantitative estimate of drug-likeness (QED) is 0.743. The van der Waals surface area contributed by atoms with E-state index in [9.17, 15) is 9.18 Å². The largest absolute Gasteiger partial charge is 0.396 e. The van der Waals surface area contributed by atoms with Crippen molar-refractivity contribution >= 4 is 56.4 Å². The molecular weight excluding hydrogens is 370 g/mol. The highest BCUT2D eigenvalue weighted by atomic mass is 79.9. The van der Waals surface area contributed by atoms with Crippen LogP contribution in [0.15, 0.2) is 34.8 Å². The Hall–Kier alpha value is -1.30. The van der Waals surface area contributed by atoms with Crippen LogP contribution in [-0.2, 0) is 0 Å². The van der Waals surface area contributed by atoms with Crippen molar-refractivity contribution in [2.24, 2.45) is 0 Å². The second kappa shape index (κ2) is 5.99. The van der Waals surface area contributed by atoms with Gasteiger partial charge in [-0.3, -0.25) is 4.79 Å². The van der Waals surface area contributed by atoms with Gasteiger partial charge >= 0.3 is 0 Å². The van der Waals surface area contributed by atoms with Crippen LogP contribution in [0.1, 0.15) is 10.4 Å². The molecule has 0 spiro atoms. The van der Waals surface area contributed by atoms with Gasteiger partial charge in [0.2, 0.25) is 0 Å². The van der Waals surface area contributed by atoms with E-state index in [0.29, 0.717) is 4.47 Å². The van der Waals surface area contributed by atoms with Crippen molar-refractivity contribution in [2.75, 3.05) is 11.1 Å². The summed E-state index contributed by atoms with van der Waals surface area (Å²) in [4.78, 5) is 12.0. The molecule has 0 radical (unpaired) electrons. The Bertz CT molecular complexity index is 671. The Morgan fingerprint density at radius 2 is 1.80 bits per heavy atom. The van der Waals surface area contributed by atoms with Gasteiger partial charge in [0, 0.05) is 10.0 Å². The lowest BCUT2D eigenvalue weighted by atomic mass is 10.2. The number of nitrogen functional groups attached to an aromatic ring is 1. The number of rotatable bonds is 2. The van der Waals surface area contributed by atoms with Crippen LogP contribution in [0.25, 0.3) is 0 Å². The van der Waals surface area contributed by atoms with Gasteiger partial charge in [-0.1, -0.05) is 39.1 Å². The van der Waals surface area contributed by atoms with E-state index >= 15 is 0 Å². The molecule has 0 fully saturated rings. The van der Waals surface area contributed by atoms with Crippen molar-refractivity contribution in [1.29, 1.82) is 0 Å². The summed E-state index contributed by atoms with van der Waals surface area (Å²) in [5.41, 5.74) is 5.71. The molecule has 2 rings (SSSR count). The number of carbonyl (C=O) groups excluding carboxylic acids is 1. The molecule has 0 aromatic heterocycles. The third-order valence-electron chi connectivity index (χ3n) is 2.51. The second-order valence-corrected chi connectivity index (χ2v) is 5.66. The molecule has 0 saturated carbocycles. The van der Waals surface area contributed by atoms with Gasteiger partial charge in [-0.25, -0.2) is 4.39 Å². The first-order chi connectivity index (χ1) is 9.38. The zero-order chi connectivity index (χ0) is 14.9. The average Bonchev–Trinajstić information content (AvgIpc) is 2.36. The first kappa shape index (κ1) is 15.1. The van der Waals surface area contributed by atoms with Crippen LogP contribution in [-0.4, -0.2) is 5.91 Å². The minimum absolute atomic E-state index is 0.0266. The molecule has 0 aliphatic carbocycles. The molecule has 3 nitrogen and oxygen atoms in total. The van der Waals surface area contributed by atoms with Crippen molar-refractivity contribution in [3.8, 4) is 0 Å². The molecule has 2 aromatic rings. The summed E-state index contributed by atoms with van der Waals surface area (Å²) in [6.45, 7) is 0. The van der Waals surface area contributed by atoms with Gasteiger partial charge in [-0.2, -0.15) is 0 Å². The molecule has 0 aliphatic rings. The van der Waals surface area contributed by atoms with Gasteiger partial charge in [0.15, 0.2) is 0 Å². The second-order valence-electron chi connectivity index (χ2n) is 3.93. The van der Waals surface area contributed by atoms with E-state index in [1.807, 2.05) is 0 Å². The maximum Gasteiger partial charge on any atom is 0.255 e. The zero-order valence-corrected chi connectivity index (χ0v) is 13.0. The molecule has 2 aromatic carbocycles. The van der Waals surface area contributed by atoms with Gasteiger partial charge < -0.3 is 11.1 Å². The normalized spacial score (nSPS) is 10.4. The van der Waals surface area contributed by atoms with E-state index in [4.69, 9.17) is 28.9 Å². The van der Waals surface area contributed by atoms with Crippen LogP contribution >= 0.6 is 39.1 Å². The van der Waals surface area contributed by atoms with Crippen molar-refractivity contribution in [1.82, 2.24) is 0 Å². The lowest BCUT2D eigenvalue weighted by molar-refractivity contribution is 0.102. The number of nitrogens with one attached hydrogen (secondary N) is 1. The number of hydrogen-bond donors (Lipinski definition) is 2. The molecule has 0 bridgehead atoms. The van der Waals surface area contributed by atoms with Gasteiger partial charge in [0.05, 0.1) is 21.4 Å². The molecule has 1 amide bonds. The summed E-state index contributed by atoms with van der Waals surface area (Å²) < 4.78 is 14.0. The fourth-order valence-electron chi connectivity index (χ4n) is 1.52. The molecule has 0 saturated heterocycles. The number of carbonyl (C=O) groups is 1. The minimum Gasteiger partial charge on any atom is -0.396 e. The SMILES string of the molecule is Nc1ccc(C(=O)Nc2c(Cl)cc(Br)cc2Cl)cc1F. The molecular formula is C13H8BrCl2FN2O. The number of benzene rings is 2. The van der Waals surface area contributed by atoms with Crippen LogP contribution < -0.4 is 11.1 Å². The molecule has 104 valence electrons. The van der Waals surface area contributed by atoms with Crippen molar-refractivity contribution < 1.29 is 9.18 Å². The van der Waals surface area contributed by atoms with E-state index in [1.165, 1.54) is 12.1 Å². The molecule has 3 N–H and O–H groups in total. The molecule has 0 heterocycles. The van der Waals surface area contributed by atoms with Crippen LogP contribution in [0.4, 0.5) is 15.8 Å². The smallest absolute Gasteiger partial charge is 0.255 e. The van der Waals surface area contributed by atoms with Gasteiger partial charge in [0.1, 0.15) is 5.82 Å². The Morgan fingerprint density at radius 3 is 2.35 bits per heavy atom. The summed E-state index contributed by atoms with van der Waals surface area (Å²) in [6, 6.07) is 6.95. The lowest BCUT2D eigenvalue weighted by Crippen LogP contribution is -2.13. The maximum atomic E-state index is 13.3. The Morgan fingerprint density at radius 1 is 1.20 bits per heavy atom. The molecule has 7 heteroatoms. The molecule has 0 atom stereocenters. The molecule has 20 heavy (non-hydrogen) atoms. The fourth-order valence-corrected chi connectivity index (χ4v) is 2.82. The average molecular weight is 378 g/mol. The third kappa shape index (κ3) is 3.23. The Balaban J connectivity index is 2.30. The van der Waals surface area contributed by atoms with Crippen molar-refractivity contribution in [3.05, 3.63) is 56.2 Å². The summed E-state index contributed by atoms with van der Waals surface area (Å²) in [6.07, 6.45) is 0. The van der Waals surface area contributed by atoms with Gasteiger partial charge in [-0.05, 0) is 30.3 Å². The predicted molar refractivity (Wildman–Crippen MR) is 82.9 cm³/mol. The first-order valence-electron chi connectivity index (χ1n) is 5.39. The van der Waals surface area contributed by atoms with E-state index in [-0.39, 0.29) is 27.0 Å². The highest BCUT2D eigenvalue weighted by Crippen LogP contribution is 2.34. The standard InChI is InChI=1S/C13H8BrCl2FN2O/c14-7-4-8(15)12(9(16)5-7)19-13(20)6-1-2-11(18)10(17)3-6/h1-5H,18H2,(H,19,20). The Kier molecular flexibility index (Phi) is 4.52.